The number of hydrogen-bond acceptors (Lipinski definition) is 3. The number of aliphatic carboxylic acids is 1. The van der Waals surface area contributed by atoms with Gasteiger partial charge in [-0.15, -0.1) is 0 Å². The van der Waals surface area contributed by atoms with E-state index in [1.165, 1.54) is 12.3 Å². The third-order valence-electron chi connectivity index (χ3n) is 3.02. The lowest BCUT2D eigenvalue weighted by atomic mass is 10.0. The van der Waals surface area contributed by atoms with E-state index in [1.807, 2.05) is 30.3 Å². The maximum absolute atomic E-state index is 12.2. The van der Waals surface area contributed by atoms with Crippen molar-refractivity contribution in [2.24, 2.45) is 0 Å². The second-order valence-electron chi connectivity index (χ2n) is 4.48. The van der Waals surface area contributed by atoms with Gasteiger partial charge in [0.2, 0.25) is 5.22 Å². The summed E-state index contributed by atoms with van der Waals surface area (Å²) in [4.78, 5) is 22.9. The van der Waals surface area contributed by atoms with E-state index >= 15 is 0 Å². The second-order valence-corrected chi connectivity index (χ2v) is 4.82. The van der Waals surface area contributed by atoms with Gasteiger partial charge in [-0.05, 0) is 29.7 Å². The van der Waals surface area contributed by atoms with Crippen molar-refractivity contribution in [3.05, 3.63) is 59.0 Å². The largest absolute Gasteiger partial charge is 0.481 e. The minimum absolute atomic E-state index is 0.0116. The third kappa shape index (κ3) is 4.10. The zero-order valence-electron chi connectivity index (χ0n) is 11.1. The molecule has 1 aromatic heterocycles. The van der Waals surface area contributed by atoms with E-state index in [4.69, 9.17) is 21.1 Å². The summed E-state index contributed by atoms with van der Waals surface area (Å²) in [5.41, 5.74) is 1.07. The minimum Gasteiger partial charge on any atom is -0.481 e. The van der Waals surface area contributed by atoms with Gasteiger partial charge in [0.25, 0.3) is 5.91 Å². The van der Waals surface area contributed by atoms with Crippen molar-refractivity contribution in [1.29, 1.82) is 0 Å². The van der Waals surface area contributed by atoms with Crippen LogP contribution in [0.25, 0.3) is 0 Å². The molecule has 1 aromatic carbocycles. The molecule has 21 heavy (non-hydrogen) atoms. The van der Waals surface area contributed by atoms with E-state index < -0.39 is 17.9 Å². The van der Waals surface area contributed by atoms with Crippen LogP contribution in [0, 0.1) is 0 Å². The van der Waals surface area contributed by atoms with Gasteiger partial charge in [-0.3, -0.25) is 9.59 Å². The first-order valence-electron chi connectivity index (χ1n) is 6.38. The van der Waals surface area contributed by atoms with Gasteiger partial charge in [-0.25, -0.2) is 0 Å². The Kier molecular flexibility index (Phi) is 5.00. The molecule has 1 heterocycles. The fourth-order valence-electron chi connectivity index (χ4n) is 1.97. The highest BCUT2D eigenvalue weighted by Gasteiger charge is 2.19. The number of hydrogen-bond donors (Lipinski definition) is 2. The fourth-order valence-corrected chi connectivity index (χ4v) is 2.17. The average molecular weight is 308 g/mol. The van der Waals surface area contributed by atoms with E-state index in [-0.39, 0.29) is 17.2 Å². The quantitative estimate of drug-likeness (QED) is 0.858. The number of carboxylic acid groups (broad SMARTS) is 1. The first-order chi connectivity index (χ1) is 10.1. The Bertz CT molecular complexity index is 624. The Morgan fingerprint density at radius 3 is 2.52 bits per heavy atom. The highest BCUT2D eigenvalue weighted by molar-refractivity contribution is 6.32. The van der Waals surface area contributed by atoms with Crippen molar-refractivity contribution in [3.63, 3.8) is 0 Å². The molecule has 0 aliphatic heterocycles. The summed E-state index contributed by atoms with van der Waals surface area (Å²) < 4.78 is 4.88. The van der Waals surface area contributed by atoms with E-state index in [0.717, 1.165) is 5.56 Å². The van der Waals surface area contributed by atoms with Crippen LogP contribution in [-0.2, 0) is 4.79 Å². The lowest BCUT2D eigenvalue weighted by Gasteiger charge is -2.18. The van der Waals surface area contributed by atoms with E-state index in [0.29, 0.717) is 6.42 Å². The summed E-state index contributed by atoms with van der Waals surface area (Å²) in [5.74, 6) is -1.31. The normalized spacial score (nSPS) is 11.9. The summed E-state index contributed by atoms with van der Waals surface area (Å²) in [6.07, 6.45) is 1.57. The van der Waals surface area contributed by atoms with Crippen LogP contribution in [0.1, 0.15) is 34.8 Å². The SMILES string of the molecule is O=C(O)CCC(NC(=O)c1ccoc1Cl)c1ccccc1. The first-order valence-corrected chi connectivity index (χ1v) is 6.76. The van der Waals surface area contributed by atoms with Gasteiger partial charge in [0.15, 0.2) is 0 Å². The summed E-state index contributed by atoms with van der Waals surface area (Å²) in [6.45, 7) is 0. The molecule has 0 saturated heterocycles. The molecule has 6 heteroatoms. The number of carbonyl (C=O) groups is 2. The maximum atomic E-state index is 12.2. The average Bonchev–Trinajstić information content (AvgIpc) is 2.90. The molecule has 2 N–H and O–H groups in total. The van der Waals surface area contributed by atoms with Gasteiger partial charge < -0.3 is 14.8 Å². The highest BCUT2D eigenvalue weighted by atomic mass is 35.5. The standard InChI is InChI=1S/C15H14ClNO4/c16-14-11(8-9-21-14)15(20)17-12(6-7-13(18)19)10-4-2-1-3-5-10/h1-5,8-9,12H,6-7H2,(H,17,20)(H,18,19). The molecule has 0 saturated carbocycles. The van der Waals surface area contributed by atoms with Crippen molar-refractivity contribution >= 4 is 23.5 Å². The topological polar surface area (TPSA) is 79.5 Å². The number of carboxylic acids is 1. The molecule has 1 unspecified atom stereocenters. The number of halogens is 1. The Labute approximate surface area is 126 Å². The van der Waals surface area contributed by atoms with E-state index in [9.17, 15) is 9.59 Å². The summed E-state index contributed by atoms with van der Waals surface area (Å²) in [7, 11) is 0. The zero-order chi connectivity index (χ0) is 15.2. The van der Waals surface area contributed by atoms with Crippen LogP contribution < -0.4 is 5.32 Å². The maximum Gasteiger partial charge on any atom is 0.303 e. The Morgan fingerprint density at radius 1 is 1.24 bits per heavy atom. The number of furan rings is 1. The number of rotatable bonds is 6. The van der Waals surface area contributed by atoms with Gasteiger partial charge in [0.1, 0.15) is 0 Å². The van der Waals surface area contributed by atoms with Crippen LogP contribution in [0.4, 0.5) is 0 Å². The van der Waals surface area contributed by atoms with Gasteiger partial charge in [0.05, 0.1) is 17.9 Å². The molecule has 0 radical (unpaired) electrons. The van der Waals surface area contributed by atoms with Crippen LogP contribution in [-0.4, -0.2) is 17.0 Å². The van der Waals surface area contributed by atoms with Crippen LogP contribution >= 0.6 is 11.6 Å². The molecular formula is C15H14ClNO4. The molecule has 1 atom stereocenters. The molecule has 0 fully saturated rings. The number of nitrogens with one attached hydrogen (secondary N) is 1. The molecule has 1 amide bonds. The van der Waals surface area contributed by atoms with E-state index in [2.05, 4.69) is 5.32 Å². The van der Waals surface area contributed by atoms with Crippen LogP contribution in [0.3, 0.4) is 0 Å². The predicted octanol–water partition coefficient (Wildman–Crippen LogP) is 3.27. The van der Waals surface area contributed by atoms with Gasteiger partial charge in [-0.1, -0.05) is 30.3 Å². The van der Waals surface area contributed by atoms with Crippen molar-refractivity contribution in [1.82, 2.24) is 5.32 Å². The molecule has 0 aliphatic rings. The summed E-state index contributed by atoms with van der Waals surface area (Å²) in [6, 6.07) is 10.3. The molecule has 2 rings (SSSR count). The summed E-state index contributed by atoms with van der Waals surface area (Å²) >= 11 is 5.77. The van der Waals surface area contributed by atoms with Gasteiger partial charge >= 0.3 is 5.97 Å². The number of carbonyl (C=O) groups excluding carboxylic acids is 1. The van der Waals surface area contributed by atoms with Gasteiger partial charge in [-0.2, -0.15) is 0 Å². The predicted molar refractivity (Wildman–Crippen MR) is 77.2 cm³/mol. The second kappa shape index (κ2) is 6.95. The third-order valence-corrected chi connectivity index (χ3v) is 3.31. The summed E-state index contributed by atoms with van der Waals surface area (Å²) in [5, 5.41) is 11.6. The van der Waals surface area contributed by atoms with Crippen LogP contribution in [0.2, 0.25) is 5.22 Å². The molecule has 0 aliphatic carbocycles. The molecular weight excluding hydrogens is 294 g/mol. The Morgan fingerprint density at radius 2 is 1.95 bits per heavy atom. The van der Waals surface area contributed by atoms with Crippen molar-refractivity contribution < 1.29 is 19.1 Å². The number of benzene rings is 1. The van der Waals surface area contributed by atoms with Crippen LogP contribution in [0.15, 0.2) is 47.1 Å². The van der Waals surface area contributed by atoms with Gasteiger partial charge in [0, 0.05) is 6.42 Å². The monoisotopic (exact) mass is 307 g/mol. The van der Waals surface area contributed by atoms with Crippen LogP contribution in [0.5, 0.6) is 0 Å². The molecule has 0 spiro atoms. The lowest BCUT2D eigenvalue weighted by Crippen LogP contribution is -2.29. The highest BCUT2D eigenvalue weighted by Crippen LogP contribution is 2.21. The Hall–Kier alpha value is -2.27. The van der Waals surface area contributed by atoms with E-state index in [1.54, 1.807) is 0 Å². The first kappa shape index (κ1) is 15.1. The molecule has 0 bridgehead atoms. The fraction of sp³-hybridized carbons (Fsp3) is 0.200. The van der Waals surface area contributed by atoms with Crippen molar-refractivity contribution in [3.8, 4) is 0 Å². The Balaban J connectivity index is 2.14. The molecule has 2 aromatic rings. The molecule has 5 nitrogen and oxygen atoms in total. The zero-order valence-corrected chi connectivity index (χ0v) is 11.8. The lowest BCUT2D eigenvalue weighted by molar-refractivity contribution is -0.137. The number of amides is 1. The van der Waals surface area contributed by atoms with Crippen molar-refractivity contribution in [2.45, 2.75) is 18.9 Å². The van der Waals surface area contributed by atoms with Crippen molar-refractivity contribution in [2.75, 3.05) is 0 Å². The smallest absolute Gasteiger partial charge is 0.303 e. The minimum atomic E-state index is -0.911. The molecule has 110 valence electrons.